The highest BCUT2D eigenvalue weighted by molar-refractivity contribution is 6.31. The first kappa shape index (κ1) is 15.8. The van der Waals surface area contributed by atoms with Crippen molar-refractivity contribution < 1.29 is 9.53 Å². The molecule has 1 aromatic carbocycles. The number of anilines is 1. The second kappa shape index (κ2) is 7.44. The molecule has 1 aliphatic rings. The SMILES string of the molecule is O=C(NCc1ccccc1Cl)c1ccc(N2CCOCC2)nc1. The fourth-order valence-electron chi connectivity index (χ4n) is 2.42. The van der Waals surface area contributed by atoms with Gasteiger partial charge in [0.2, 0.25) is 0 Å². The smallest absolute Gasteiger partial charge is 0.253 e. The van der Waals surface area contributed by atoms with Crippen molar-refractivity contribution in [3.63, 3.8) is 0 Å². The van der Waals surface area contributed by atoms with Crippen LogP contribution in [-0.4, -0.2) is 37.2 Å². The van der Waals surface area contributed by atoms with Crippen LogP contribution in [0.3, 0.4) is 0 Å². The summed E-state index contributed by atoms with van der Waals surface area (Å²) in [7, 11) is 0. The third-order valence-electron chi connectivity index (χ3n) is 3.74. The number of morpholine rings is 1. The molecule has 1 aromatic heterocycles. The molecule has 0 aliphatic carbocycles. The Morgan fingerprint density at radius 1 is 1.22 bits per heavy atom. The molecule has 0 radical (unpaired) electrons. The van der Waals surface area contributed by atoms with Crippen LogP contribution in [0.25, 0.3) is 0 Å². The van der Waals surface area contributed by atoms with E-state index in [9.17, 15) is 4.79 Å². The van der Waals surface area contributed by atoms with Crippen LogP contribution in [0, 0.1) is 0 Å². The van der Waals surface area contributed by atoms with Gasteiger partial charge in [-0.2, -0.15) is 0 Å². The van der Waals surface area contributed by atoms with Gasteiger partial charge in [-0.1, -0.05) is 29.8 Å². The lowest BCUT2D eigenvalue weighted by Crippen LogP contribution is -2.36. The molecule has 1 saturated heterocycles. The molecule has 2 aromatic rings. The quantitative estimate of drug-likeness (QED) is 0.935. The van der Waals surface area contributed by atoms with E-state index >= 15 is 0 Å². The Morgan fingerprint density at radius 3 is 2.70 bits per heavy atom. The van der Waals surface area contributed by atoms with Crippen LogP contribution in [0.15, 0.2) is 42.6 Å². The molecule has 23 heavy (non-hydrogen) atoms. The molecule has 2 heterocycles. The monoisotopic (exact) mass is 331 g/mol. The van der Waals surface area contributed by atoms with Gasteiger partial charge in [-0.25, -0.2) is 4.98 Å². The number of carbonyl (C=O) groups excluding carboxylic acids is 1. The standard InChI is InChI=1S/C17H18ClN3O2/c18-15-4-2-1-3-13(15)11-20-17(22)14-5-6-16(19-12-14)21-7-9-23-10-8-21/h1-6,12H,7-11H2,(H,20,22). The molecule has 5 nitrogen and oxygen atoms in total. The van der Waals surface area contributed by atoms with Crippen molar-refractivity contribution in [3.05, 3.63) is 58.7 Å². The minimum atomic E-state index is -0.161. The number of nitrogens with zero attached hydrogens (tertiary/aromatic N) is 2. The van der Waals surface area contributed by atoms with Gasteiger partial charge in [0.1, 0.15) is 5.82 Å². The van der Waals surface area contributed by atoms with Crippen molar-refractivity contribution in [2.75, 3.05) is 31.2 Å². The Hall–Kier alpha value is -2.11. The molecule has 0 spiro atoms. The minimum Gasteiger partial charge on any atom is -0.378 e. The number of pyridine rings is 1. The molecule has 0 saturated carbocycles. The highest BCUT2D eigenvalue weighted by Crippen LogP contribution is 2.15. The van der Waals surface area contributed by atoms with E-state index < -0.39 is 0 Å². The number of aromatic nitrogens is 1. The Kier molecular flexibility index (Phi) is 5.10. The lowest BCUT2D eigenvalue weighted by Gasteiger charge is -2.27. The summed E-state index contributed by atoms with van der Waals surface area (Å²) in [6.07, 6.45) is 1.60. The maximum atomic E-state index is 12.2. The number of benzene rings is 1. The normalized spacial score (nSPS) is 14.6. The predicted molar refractivity (Wildman–Crippen MR) is 89.9 cm³/mol. The third kappa shape index (κ3) is 4.00. The zero-order valence-electron chi connectivity index (χ0n) is 12.7. The Balaban J connectivity index is 1.60. The van der Waals surface area contributed by atoms with Crippen LogP contribution < -0.4 is 10.2 Å². The summed E-state index contributed by atoms with van der Waals surface area (Å²) in [5, 5.41) is 3.50. The molecule has 1 aliphatic heterocycles. The predicted octanol–water partition coefficient (Wildman–Crippen LogP) is 2.50. The molecule has 0 bridgehead atoms. The molecular weight excluding hydrogens is 314 g/mol. The van der Waals surface area contributed by atoms with Gasteiger partial charge >= 0.3 is 0 Å². The second-order valence-electron chi connectivity index (χ2n) is 5.28. The van der Waals surface area contributed by atoms with Crippen LogP contribution in [0.4, 0.5) is 5.82 Å². The third-order valence-corrected chi connectivity index (χ3v) is 4.11. The van der Waals surface area contributed by atoms with E-state index in [4.69, 9.17) is 16.3 Å². The van der Waals surface area contributed by atoms with Gasteiger partial charge in [-0.15, -0.1) is 0 Å². The van der Waals surface area contributed by atoms with E-state index in [0.717, 1.165) is 24.5 Å². The summed E-state index contributed by atoms with van der Waals surface area (Å²) in [6, 6.07) is 11.1. The summed E-state index contributed by atoms with van der Waals surface area (Å²) >= 11 is 6.08. The van der Waals surface area contributed by atoms with E-state index in [0.29, 0.717) is 30.3 Å². The Bertz CT molecular complexity index is 670. The molecule has 1 fully saturated rings. The molecule has 1 amide bonds. The van der Waals surface area contributed by atoms with E-state index in [1.165, 1.54) is 0 Å². The summed E-state index contributed by atoms with van der Waals surface area (Å²) < 4.78 is 5.32. The van der Waals surface area contributed by atoms with Gasteiger partial charge in [-0.3, -0.25) is 4.79 Å². The van der Waals surface area contributed by atoms with Crippen molar-refractivity contribution in [2.24, 2.45) is 0 Å². The lowest BCUT2D eigenvalue weighted by atomic mass is 10.2. The van der Waals surface area contributed by atoms with Crippen molar-refractivity contribution in [2.45, 2.75) is 6.54 Å². The van der Waals surface area contributed by atoms with Crippen LogP contribution in [0.2, 0.25) is 5.02 Å². The summed E-state index contributed by atoms with van der Waals surface area (Å²) in [6.45, 7) is 3.46. The number of ether oxygens (including phenoxy) is 1. The van der Waals surface area contributed by atoms with Gasteiger partial charge in [0.05, 0.1) is 18.8 Å². The number of rotatable bonds is 4. The lowest BCUT2D eigenvalue weighted by molar-refractivity contribution is 0.0950. The molecule has 0 atom stereocenters. The minimum absolute atomic E-state index is 0.161. The summed E-state index contributed by atoms with van der Waals surface area (Å²) in [4.78, 5) is 18.7. The van der Waals surface area contributed by atoms with E-state index in [-0.39, 0.29) is 5.91 Å². The Labute approximate surface area is 140 Å². The molecule has 6 heteroatoms. The number of hydrogen-bond donors (Lipinski definition) is 1. The number of hydrogen-bond acceptors (Lipinski definition) is 4. The number of carbonyl (C=O) groups is 1. The van der Waals surface area contributed by atoms with E-state index in [2.05, 4.69) is 15.2 Å². The van der Waals surface area contributed by atoms with Crippen molar-refractivity contribution in [1.29, 1.82) is 0 Å². The van der Waals surface area contributed by atoms with Crippen LogP contribution in [-0.2, 0) is 11.3 Å². The van der Waals surface area contributed by atoms with Crippen LogP contribution in [0.5, 0.6) is 0 Å². The number of halogens is 1. The second-order valence-corrected chi connectivity index (χ2v) is 5.69. The highest BCUT2D eigenvalue weighted by Gasteiger charge is 2.13. The van der Waals surface area contributed by atoms with E-state index in [1.807, 2.05) is 30.3 Å². The average Bonchev–Trinajstić information content (AvgIpc) is 2.62. The molecular formula is C17H18ClN3O2. The van der Waals surface area contributed by atoms with E-state index in [1.54, 1.807) is 12.3 Å². The molecule has 0 unspecified atom stereocenters. The zero-order valence-corrected chi connectivity index (χ0v) is 13.4. The van der Waals surface area contributed by atoms with Gasteiger partial charge < -0.3 is 15.0 Å². The highest BCUT2D eigenvalue weighted by atomic mass is 35.5. The molecule has 1 N–H and O–H groups in total. The molecule has 3 rings (SSSR count). The van der Waals surface area contributed by atoms with Gasteiger partial charge in [0.25, 0.3) is 5.91 Å². The average molecular weight is 332 g/mol. The summed E-state index contributed by atoms with van der Waals surface area (Å²) in [5.41, 5.74) is 1.43. The van der Waals surface area contributed by atoms with Gasteiger partial charge in [-0.05, 0) is 23.8 Å². The first-order valence-electron chi connectivity index (χ1n) is 7.54. The van der Waals surface area contributed by atoms with Crippen LogP contribution >= 0.6 is 11.6 Å². The first-order valence-corrected chi connectivity index (χ1v) is 7.92. The largest absolute Gasteiger partial charge is 0.378 e. The first-order chi connectivity index (χ1) is 11.2. The topological polar surface area (TPSA) is 54.5 Å². The van der Waals surface area contributed by atoms with Crippen molar-refractivity contribution in [1.82, 2.24) is 10.3 Å². The zero-order chi connectivity index (χ0) is 16.1. The summed E-state index contributed by atoms with van der Waals surface area (Å²) in [5.74, 6) is 0.710. The number of amides is 1. The molecule has 120 valence electrons. The number of nitrogens with one attached hydrogen (secondary N) is 1. The Morgan fingerprint density at radius 2 is 2.00 bits per heavy atom. The fourth-order valence-corrected chi connectivity index (χ4v) is 2.62. The maximum absolute atomic E-state index is 12.2. The van der Waals surface area contributed by atoms with Crippen LogP contribution in [0.1, 0.15) is 15.9 Å². The maximum Gasteiger partial charge on any atom is 0.253 e. The van der Waals surface area contributed by atoms with Gasteiger partial charge in [0, 0.05) is 30.9 Å². The van der Waals surface area contributed by atoms with Gasteiger partial charge in [0.15, 0.2) is 0 Å². The van der Waals surface area contributed by atoms with Crippen molar-refractivity contribution >= 4 is 23.3 Å². The fraction of sp³-hybridized carbons (Fsp3) is 0.294. The van der Waals surface area contributed by atoms with Crippen molar-refractivity contribution in [3.8, 4) is 0 Å².